The molecule has 220 valence electrons. The lowest BCUT2D eigenvalue weighted by Crippen LogP contribution is -2.58. The van der Waals surface area contributed by atoms with E-state index in [-0.39, 0.29) is 37.8 Å². The van der Waals surface area contributed by atoms with Crippen LogP contribution < -0.4 is 21.3 Å². The number of benzene rings is 1. The SMILES string of the molecule is CC(C)CC(NC(=O)C(NC(=O)OCc1ccccc1)C(C)C)C(=O)NC1Cc2cncc(c2)CCNC(=O)C1=O. The first-order valence-electron chi connectivity index (χ1n) is 13.9. The van der Waals surface area contributed by atoms with Crippen LogP contribution in [-0.4, -0.2) is 59.3 Å². The van der Waals surface area contributed by atoms with Crippen LogP contribution in [0.3, 0.4) is 0 Å². The molecule has 0 spiro atoms. The first kappa shape index (κ1) is 31.3. The van der Waals surface area contributed by atoms with Crippen molar-refractivity contribution in [2.24, 2.45) is 11.8 Å². The minimum Gasteiger partial charge on any atom is -0.445 e. The number of Topliss-reactive ketones (excluding diaryl/α,β-unsaturated/α-hetero) is 1. The van der Waals surface area contributed by atoms with E-state index in [4.69, 9.17) is 4.74 Å². The zero-order valence-corrected chi connectivity index (χ0v) is 23.9. The fourth-order valence-corrected chi connectivity index (χ4v) is 4.46. The number of amides is 4. The van der Waals surface area contributed by atoms with Crippen molar-refractivity contribution in [2.75, 3.05) is 6.54 Å². The fourth-order valence-electron chi connectivity index (χ4n) is 4.46. The molecule has 1 aliphatic rings. The molecule has 0 aliphatic carbocycles. The maximum Gasteiger partial charge on any atom is 0.408 e. The Morgan fingerprint density at radius 2 is 1.71 bits per heavy atom. The molecule has 2 bridgehead atoms. The van der Waals surface area contributed by atoms with Crippen LogP contribution >= 0.6 is 0 Å². The van der Waals surface area contributed by atoms with Gasteiger partial charge < -0.3 is 26.0 Å². The summed E-state index contributed by atoms with van der Waals surface area (Å²) in [7, 11) is 0. The van der Waals surface area contributed by atoms with Gasteiger partial charge in [-0.05, 0) is 41.4 Å². The van der Waals surface area contributed by atoms with Crippen molar-refractivity contribution in [1.29, 1.82) is 0 Å². The van der Waals surface area contributed by atoms with Gasteiger partial charge in [-0.15, -0.1) is 0 Å². The second-order valence-corrected chi connectivity index (χ2v) is 11.0. The molecule has 4 amide bonds. The van der Waals surface area contributed by atoms with E-state index >= 15 is 0 Å². The lowest BCUT2D eigenvalue weighted by Gasteiger charge is -2.27. The Bertz CT molecular complexity index is 1230. The van der Waals surface area contributed by atoms with Crippen LogP contribution in [0, 0.1) is 11.8 Å². The summed E-state index contributed by atoms with van der Waals surface area (Å²) in [5, 5.41) is 10.6. The lowest BCUT2D eigenvalue weighted by atomic mass is 9.97. The van der Waals surface area contributed by atoms with Crippen LogP contribution in [0.5, 0.6) is 0 Å². The highest BCUT2D eigenvalue weighted by Crippen LogP contribution is 2.12. The molecule has 1 aliphatic heterocycles. The van der Waals surface area contributed by atoms with Crippen molar-refractivity contribution in [3.8, 4) is 0 Å². The molecule has 11 heteroatoms. The third-order valence-corrected chi connectivity index (χ3v) is 6.62. The van der Waals surface area contributed by atoms with Gasteiger partial charge >= 0.3 is 6.09 Å². The van der Waals surface area contributed by atoms with Crippen molar-refractivity contribution in [1.82, 2.24) is 26.3 Å². The second kappa shape index (κ2) is 14.9. The molecular formula is C30H39N5O6. The van der Waals surface area contributed by atoms with E-state index in [0.29, 0.717) is 12.0 Å². The molecule has 0 saturated carbocycles. The summed E-state index contributed by atoms with van der Waals surface area (Å²) in [5.41, 5.74) is 2.41. The van der Waals surface area contributed by atoms with Gasteiger partial charge in [0.05, 0.1) is 0 Å². The van der Waals surface area contributed by atoms with Gasteiger partial charge in [0.1, 0.15) is 24.7 Å². The molecule has 4 N–H and O–H groups in total. The van der Waals surface area contributed by atoms with Crippen molar-refractivity contribution in [3.63, 3.8) is 0 Å². The third-order valence-electron chi connectivity index (χ3n) is 6.62. The Morgan fingerprint density at radius 3 is 2.39 bits per heavy atom. The number of fused-ring (bicyclic) bond motifs is 2. The lowest BCUT2D eigenvalue weighted by molar-refractivity contribution is -0.140. The van der Waals surface area contributed by atoms with Crippen LogP contribution in [0.15, 0.2) is 48.8 Å². The largest absolute Gasteiger partial charge is 0.445 e. The Labute approximate surface area is 240 Å². The number of carbonyl (C=O) groups excluding carboxylic acids is 5. The molecule has 3 atom stereocenters. The summed E-state index contributed by atoms with van der Waals surface area (Å²) < 4.78 is 5.27. The van der Waals surface area contributed by atoms with Crippen LogP contribution in [0.25, 0.3) is 0 Å². The van der Waals surface area contributed by atoms with Gasteiger partial charge in [0.15, 0.2) is 0 Å². The highest BCUT2D eigenvalue weighted by atomic mass is 16.5. The van der Waals surface area contributed by atoms with Gasteiger partial charge in [0, 0.05) is 25.4 Å². The standard InChI is InChI=1S/C30H39N5O6/c1-18(2)12-24(34-28(38)25(19(3)4)35-30(40)41-17-20-8-6-5-7-9-20)27(37)33-23-14-22-13-21(15-31-16-22)10-11-32-29(39)26(23)36/h5-9,13,15-16,18-19,23-25H,10-12,14,17H2,1-4H3,(H,32,39)(H,33,37)(H,34,38)(H,35,40). The predicted octanol–water partition coefficient (Wildman–Crippen LogP) is 1.83. The van der Waals surface area contributed by atoms with E-state index in [1.165, 1.54) is 0 Å². The van der Waals surface area contributed by atoms with Gasteiger partial charge in [-0.1, -0.05) is 64.1 Å². The molecule has 2 heterocycles. The molecule has 11 nitrogen and oxygen atoms in total. The normalized spacial score (nSPS) is 16.8. The van der Waals surface area contributed by atoms with Crippen molar-refractivity contribution >= 4 is 29.6 Å². The first-order valence-corrected chi connectivity index (χ1v) is 13.9. The average molecular weight is 566 g/mol. The molecule has 3 unspecified atom stereocenters. The maximum absolute atomic E-state index is 13.4. The monoisotopic (exact) mass is 565 g/mol. The van der Waals surface area contributed by atoms with Gasteiger partial charge in [-0.3, -0.25) is 24.2 Å². The topological polar surface area (TPSA) is 156 Å². The molecule has 0 fully saturated rings. The molecule has 3 rings (SSSR count). The quantitative estimate of drug-likeness (QED) is 0.320. The molecular weight excluding hydrogens is 526 g/mol. The smallest absolute Gasteiger partial charge is 0.408 e. The predicted molar refractivity (Wildman–Crippen MR) is 151 cm³/mol. The van der Waals surface area contributed by atoms with Crippen LogP contribution in [0.2, 0.25) is 0 Å². The number of ketones is 1. The van der Waals surface area contributed by atoms with Crippen LogP contribution in [0.4, 0.5) is 4.79 Å². The van der Waals surface area contributed by atoms with E-state index < -0.39 is 47.7 Å². The highest BCUT2D eigenvalue weighted by molar-refractivity contribution is 6.38. The molecule has 0 radical (unpaired) electrons. The Kier molecular flexibility index (Phi) is 11.4. The molecule has 1 aromatic carbocycles. The summed E-state index contributed by atoms with van der Waals surface area (Å²) in [6, 6.07) is 7.90. The summed E-state index contributed by atoms with van der Waals surface area (Å²) >= 11 is 0. The summed E-state index contributed by atoms with van der Waals surface area (Å²) in [6.07, 6.45) is 3.40. The summed E-state index contributed by atoms with van der Waals surface area (Å²) in [6.45, 7) is 7.62. The van der Waals surface area contributed by atoms with Crippen LogP contribution in [0.1, 0.15) is 50.8 Å². The highest BCUT2D eigenvalue weighted by Gasteiger charge is 2.33. The number of ether oxygens (including phenoxy) is 1. The number of carbonyl (C=O) groups is 5. The number of hydrogen-bond acceptors (Lipinski definition) is 7. The number of pyridine rings is 1. The van der Waals surface area contributed by atoms with Crippen molar-refractivity contribution < 1.29 is 28.7 Å². The van der Waals surface area contributed by atoms with E-state index in [0.717, 1.165) is 11.1 Å². The van der Waals surface area contributed by atoms with Gasteiger partial charge in [-0.25, -0.2) is 4.79 Å². The molecule has 41 heavy (non-hydrogen) atoms. The van der Waals surface area contributed by atoms with E-state index in [9.17, 15) is 24.0 Å². The van der Waals surface area contributed by atoms with E-state index in [2.05, 4.69) is 26.3 Å². The van der Waals surface area contributed by atoms with Crippen molar-refractivity contribution in [3.05, 3.63) is 65.5 Å². The van der Waals surface area contributed by atoms with E-state index in [1.54, 1.807) is 26.2 Å². The van der Waals surface area contributed by atoms with Gasteiger partial charge in [-0.2, -0.15) is 0 Å². The number of rotatable bonds is 10. The molecule has 0 saturated heterocycles. The maximum atomic E-state index is 13.4. The fraction of sp³-hybridized carbons (Fsp3) is 0.467. The number of aromatic nitrogens is 1. The Hall–Kier alpha value is -4.28. The first-order chi connectivity index (χ1) is 19.5. The van der Waals surface area contributed by atoms with Crippen LogP contribution in [-0.2, 0) is 43.4 Å². The van der Waals surface area contributed by atoms with E-state index in [1.807, 2.05) is 50.2 Å². The van der Waals surface area contributed by atoms with Gasteiger partial charge in [0.25, 0.3) is 5.91 Å². The number of nitrogens with one attached hydrogen (secondary N) is 4. The second-order valence-electron chi connectivity index (χ2n) is 11.0. The number of nitrogens with zero attached hydrogens (tertiary/aromatic N) is 1. The Morgan fingerprint density at radius 1 is 1.00 bits per heavy atom. The minimum absolute atomic E-state index is 0.0104. The average Bonchev–Trinajstić information content (AvgIpc) is 2.93. The van der Waals surface area contributed by atoms with Gasteiger partial charge in [0.2, 0.25) is 17.6 Å². The summed E-state index contributed by atoms with van der Waals surface area (Å²) in [4.78, 5) is 68.8. The zero-order chi connectivity index (χ0) is 29.9. The van der Waals surface area contributed by atoms with Crippen molar-refractivity contribution in [2.45, 2.75) is 71.7 Å². The third kappa shape index (κ3) is 9.70. The minimum atomic E-state index is -1.14. The number of hydrogen-bond donors (Lipinski definition) is 4. The zero-order valence-electron chi connectivity index (χ0n) is 23.9. The number of alkyl carbamates (subject to hydrolysis) is 1. The molecule has 1 aromatic heterocycles. The Balaban J connectivity index is 1.70. The molecule has 2 aromatic rings. The summed E-state index contributed by atoms with van der Waals surface area (Å²) in [5.74, 6) is -3.03.